The zero-order valence-corrected chi connectivity index (χ0v) is 9.90. The van der Waals surface area contributed by atoms with Gasteiger partial charge in [0.25, 0.3) is 0 Å². The molecule has 0 aliphatic carbocycles. The van der Waals surface area contributed by atoms with Gasteiger partial charge in [-0.3, -0.25) is 0 Å². The van der Waals surface area contributed by atoms with E-state index in [-0.39, 0.29) is 0 Å². The minimum atomic E-state index is 0.605. The second-order valence-electron chi connectivity index (χ2n) is 1.97. The summed E-state index contributed by atoms with van der Waals surface area (Å²) in [5.41, 5.74) is 1.36. The fourth-order valence-electron chi connectivity index (χ4n) is 0.531. The van der Waals surface area contributed by atoms with Crippen molar-refractivity contribution in [3.8, 4) is 0 Å². The number of hydrogen-bond donors (Lipinski definition) is 1. The summed E-state index contributed by atoms with van der Waals surface area (Å²) in [7, 11) is 1.81. The van der Waals surface area contributed by atoms with E-state index in [1.807, 2.05) is 0 Å². The molecule has 0 aliphatic heterocycles. The van der Waals surface area contributed by atoms with Gasteiger partial charge in [-0.2, -0.15) is 0 Å². The summed E-state index contributed by atoms with van der Waals surface area (Å²) in [5.74, 6) is 0.628. The molecule has 0 radical (unpaired) electrons. The smallest absolute Gasteiger partial charge is 0.206 e. The molecule has 1 rings (SSSR count). The largest absolute Gasteiger partial charge is 0.363 e. The highest BCUT2D eigenvalue weighted by Gasteiger charge is 2.03. The molecule has 0 spiro atoms. The molecule has 72 valence electrons. The molecule has 1 aromatic heterocycles. The molecule has 0 saturated heterocycles. The van der Waals surface area contributed by atoms with Gasteiger partial charge in [0.2, 0.25) is 5.13 Å². The van der Waals surface area contributed by atoms with Gasteiger partial charge >= 0.3 is 0 Å². The van der Waals surface area contributed by atoms with Gasteiger partial charge in [-0.25, -0.2) is 0 Å². The highest BCUT2D eigenvalue weighted by atomic mass is 35.5. The van der Waals surface area contributed by atoms with Crippen LogP contribution in [0.2, 0.25) is 0 Å². The molecular weight excluding hydrogens is 249 g/mol. The third-order valence-corrected chi connectivity index (χ3v) is 3.97. The van der Waals surface area contributed by atoms with Crippen LogP contribution in [-0.2, 0) is 0 Å². The summed E-state index contributed by atoms with van der Waals surface area (Å²) in [6.45, 7) is 0. The maximum atomic E-state index is 5.70. The van der Waals surface area contributed by atoms with Crippen molar-refractivity contribution < 1.29 is 0 Å². The Morgan fingerprint density at radius 1 is 1.69 bits per heavy atom. The van der Waals surface area contributed by atoms with E-state index < -0.39 is 0 Å². The summed E-state index contributed by atoms with van der Waals surface area (Å²) < 4.78 is 0.876. The average Bonchev–Trinajstić information content (AvgIpc) is 2.61. The first-order chi connectivity index (χ1) is 6.26. The molecule has 0 amide bonds. The second kappa shape index (κ2) is 5.70. The number of halogens is 2. The predicted octanol–water partition coefficient (Wildman–Crippen LogP) is 2.99. The normalized spacial score (nSPS) is 11.8. The fraction of sp³-hybridized carbons (Fsp3) is 0.333. The first-order valence-corrected chi connectivity index (χ1v) is 5.96. The Morgan fingerprint density at radius 3 is 3.00 bits per heavy atom. The van der Waals surface area contributed by atoms with E-state index in [4.69, 9.17) is 23.2 Å². The van der Waals surface area contributed by atoms with E-state index >= 15 is 0 Å². The number of nitrogens with zero attached hydrogens (tertiary/aromatic N) is 2. The Labute approximate surface area is 94.5 Å². The Hall–Kier alpha value is 0.0300. The van der Waals surface area contributed by atoms with Crippen LogP contribution >= 0.6 is 46.3 Å². The number of aromatic nitrogens is 2. The molecule has 0 aliphatic rings. The Bertz CT molecular complexity index is 300. The van der Waals surface area contributed by atoms with Crippen molar-refractivity contribution in [2.45, 2.75) is 4.34 Å². The van der Waals surface area contributed by atoms with Crippen LogP contribution in [0.3, 0.4) is 0 Å². The van der Waals surface area contributed by atoms with Crippen molar-refractivity contribution in [2.75, 3.05) is 18.1 Å². The maximum Gasteiger partial charge on any atom is 0.206 e. The first-order valence-electron chi connectivity index (χ1n) is 3.35. The van der Waals surface area contributed by atoms with E-state index in [9.17, 15) is 0 Å². The summed E-state index contributed by atoms with van der Waals surface area (Å²) in [6.07, 6.45) is 0. The van der Waals surface area contributed by atoms with Crippen molar-refractivity contribution in [1.82, 2.24) is 10.2 Å². The van der Waals surface area contributed by atoms with E-state index in [2.05, 4.69) is 15.5 Å². The lowest BCUT2D eigenvalue weighted by molar-refractivity contribution is 1.01. The average molecular weight is 256 g/mol. The summed E-state index contributed by atoms with van der Waals surface area (Å²) in [6, 6.07) is 0. The molecule has 13 heavy (non-hydrogen) atoms. The van der Waals surface area contributed by atoms with Crippen molar-refractivity contribution in [2.24, 2.45) is 0 Å². The lowest BCUT2D eigenvalue weighted by Gasteiger charge is -1.92. The molecule has 0 bridgehead atoms. The third-order valence-electron chi connectivity index (χ3n) is 1.07. The Morgan fingerprint density at radius 2 is 2.46 bits per heavy atom. The van der Waals surface area contributed by atoms with Crippen molar-refractivity contribution in [3.63, 3.8) is 0 Å². The van der Waals surface area contributed by atoms with Crippen LogP contribution in [0.15, 0.2) is 14.9 Å². The van der Waals surface area contributed by atoms with Crippen LogP contribution in [0, 0.1) is 0 Å². The Balaban J connectivity index is 2.45. The van der Waals surface area contributed by atoms with Gasteiger partial charge in [0.1, 0.15) is 0 Å². The molecule has 7 heteroatoms. The first kappa shape index (κ1) is 11.1. The maximum absolute atomic E-state index is 5.70. The van der Waals surface area contributed by atoms with E-state index in [1.165, 1.54) is 28.6 Å². The van der Waals surface area contributed by atoms with Crippen molar-refractivity contribution in [1.29, 1.82) is 0 Å². The standard InChI is InChI=1S/C6H7Cl2N3S2/c1-9-5-10-11-6(13-5)12-3-4(8)2-7/h2H,3H2,1H3,(H,9,10)/b4-2-. The van der Waals surface area contributed by atoms with Gasteiger partial charge in [0.15, 0.2) is 4.34 Å². The number of nitrogens with one attached hydrogen (secondary N) is 1. The fourth-order valence-corrected chi connectivity index (χ4v) is 2.39. The highest BCUT2D eigenvalue weighted by Crippen LogP contribution is 2.27. The number of thioether (sulfide) groups is 1. The third kappa shape index (κ3) is 3.72. The van der Waals surface area contributed by atoms with Gasteiger partial charge in [-0.05, 0) is 0 Å². The van der Waals surface area contributed by atoms with Crippen LogP contribution in [-0.4, -0.2) is 23.0 Å². The predicted molar refractivity (Wildman–Crippen MR) is 60.0 cm³/mol. The molecule has 1 aromatic rings. The number of anilines is 1. The lowest BCUT2D eigenvalue weighted by atomic mass is 10.7. The molecule has 1 heterocycles. The van der Waals surface area contributed by atoms with Crippen LogP contribution in [0.4, 0.5) is 5.13 Å². The highest BCUT2D eigenvalue weighted by molar-refractivity contribution is 8.01. The molecule has 0 unspecified atom stereocenters. The molecule has 0 aromatic carbocycles. The molecule has 0 saturated carbocycles. The minimum absolute atomic E-state index is 0.605. The van der Waals surface area contributed by atoms with Crippen LogP contribution < -0.4 is 5.32 Å². The second-order valence-corrected chi connectivity index (χ2v) is 4.87. The summed E-state index contributed by atoms with van der Waals surface area (Å²) in [4.78, 5) is 0. The van der Waals surface area contributed by atoms with Gasteiger partial charge in [-0.1, -0.05) is 46.3 Å². The van der Waals surface area contributed by atoms with Gasteiger partial charge in [0, 0.05) is 23.4 Å². The molecular formula is C6H7Cl2N3S2. The minimum Gasteiger partial charge on any atom is -0.363 e. The van der Waals surface area contributed by atoms with Gasteiger partial charge < -0.3 is 5.32 Å². The zero-order valence-electron chi connectivity index (χ0n) is 6.75. The summed E-state index contributed by atoms with van der Waals surface area (Å²) in [5, 5.41) is 12.1. The molecule has 1 N–H and O–H groups in total. The molecule has 0 atom stereocenters. The SMILES string of the molecule is CNc1nnc(SC/C(Cl)=C/Cl)s1. The van der Waals surface area contributed by atoms with E-state index in [0.29, 0.717) is 10.8 Å². The molecule has 3 nitrogen and oxygen atoms in total. The molecule has 0 fully saturated rings. The van der Waals surface area contributed by atoms with Gasteiger partial charge in [0.05, 0.1) is 0 Å². The quantitative estimate of drug-likeness (QED) is 0.840. The van der Waals surface area contributed by atoms with Crippen LogP contribution in [0.25, 0.3) is 0 Å². The monoisotopic (exact) mass is 255 g/mol. The topological polar surface area (TPSA) is 37.8 Å². The summed E-state index contributed by atoms with van der Waals surface area (Å²) >= 11 is 14.1. The van der Waals surface area contributed by atoms with Crippen molar-refractivity contribution in [3.05, 3.63) is 10.6 Å². The van der Waals surface area contributed by atoms with E-state index in [0.717, 1.165) is 9.47 Å². The lowest BCUT2D eigenvalue weighted by Crippen LogP contribution is -1.84. The zero-order chi connectivity index (χ0) is 9.68. The van der Waals surface area contributed by atoms with Crippen LogP contribution in [0.1, 0.15) is 0 Å². The van der Waals surface area contributed by atoms with Gasteiger partial charge in [-0.15, -0.1) is 10.2 Å². The van der Waals surface area contributed by atoms with E-state index in [1.54, 1.807) is 7.05 Å². The number of hydrogen-bond acceptors (Lipinski definition) is 5. The Kier molecular flexibility index (Phi) is 4.87. The van der Waals surface area contributed by atoms with Crippen LogP contribution in [0.5, 0.6) is 0 Å². The number of rotatable bonds is 4. The van der Waals surface area contributed by atoms with Crippen molar-refractivity contribution >= 4 is 51.4 Å².